The van der Waals surface area contributed by atoms with E-state index >= 15 is 0 Å². The maximum Gasteiger partial charge on any atom is 0.136 e. The van der Waals surface area contributed by atoms with Crippen LogP contribution in [0.15, 0.2) is 47.4 Å². The summed E-state index contributed by atoms with van der Waals surface area (Å²) in [5.41, 5.74) is 2.98. The molecule has 0 spiro atoms. The zero-order valence-electron chi connectivity index (χ0n) is 11.0. The van der Waals surface area contributed by atoms with Crippen LogP contribution in [-0.2, 0) is 5.75 Å². The highest BCUT2D eigenvalue weighted by molar-refractivity contribution is 7.98. The number of hydrogen-bond acceptors (Lipinski definition) is 3. The van der Waals surface area contributed by atoms with E-state index in [0.717, 1.165) is 11.3 Å². The molecule has 0 saturated heterocycles. The van der Waals surface area contributed by atoms with Gasteiger partial charge in [0, 0.05) is 10.6 Å². The van der Waals surface area contributed by atoms with Crippen LogP contribution in [0.2, 0.25) is 0 Å². The molecule has 0 N–H and O–H groups in total. The fourth-order valence-electron chi connectivity index (χ4n) is 1.73. The monoisotopic (exact) mass is 269 g/mol. The smallest absolute Gasteiger partial charge is 0.136 e. The van der Waals surface area contributed by atoms with E-state index in [9.17, 15) is 0 Å². The molecule has 2 rings (SSSR count). The van der Waals surface area contributed by atoms with E-state index in [2.05, 4.69) is 37.3 Å². The number of thioether (sulfide) groups is 1. The highest BCUT2D eigenvalue weighted by Gasteiger charge is 2.04. The maximum absolute atomic E-state index is 9.05. The van der Waals surface area contributed by atoms with Crippen molar-refractivity contribution in [1.29, 1.82) is 5.26 Å². The fraction of sp³-hybridized carbons (Fsp3) is 0.188. The van der Waals surface area contributed by atoms with E-state index in [1.807, 2.05) is 18.2 Å². The minimum Gasteiger partial charge on any atom is -0.495 e. The molecule has 2 aromatic carbocycles. The lowest BCUT2D eigenvalue weighted by atomic mass is 10.1. The van der Waals surface area contributed by atoms with Crippen LogP contribution in [0.5, 0.6) is 5.75 Å². The Bertz CT molecular complexity index is 599. The zero-order valence-corrected chi connectivity index (χ0v) is 11.8. The molecule has 0 aromatic heterocycles. The van der Waals surface area contributed by atoms with Crippen LogP contribution in [0, 0.1) is 18.3 Å². The van der Waals surface area contributed by atoms with Crippen molar-refractivity contribution in [3.8, 4) is 11.8 Å². The molecule has 0 aliphatic rings. The lowest BCUT2D eigenvalue weighted by Gasteiger charge is -2.06. The summed E-state index contributed by atoms with van der Waals surface area (Å²) in [6, 6.07) is 16.4. The van der Waals surface area contributed by atoms with Crippen molar-refractivity contribution in [2.75, 3.05) is 7.11 Å². The number of ether oxygens (including phenoxy) is 1. The highest BCUT2D eigenvalue weighted by Crippen LogP contribution is 2.26. The van der Waals surface area contributed by atoms with Crippen molar-refractivity contribution in [3.05, 3.63) is 59.2 Å². The SMILES string of the molecule is COc1ccc(CSc2ccc(C)cc2)cc1C#N. The maximum atomic E-state index is 9.05. The third-order valence-corrected chi connectivity index (χ3v) is 3.89. The first-order chi connectivity index (χ1) is 9.22. The van der Waals surface area contributed by atoms with Gasteiger partial charge in [0.05, 0.1) is 12.7 Å². The second-order valence-electron chi connectivity index (χ2n) is 4.25. The Labute approximate surface area is 118 Å². The quantitative estimate of drug-likeness (QED) is 0.781. The average molecular weight is 269 g/mol. The van der Waals surface area contributed by atoms with Crippen LogP contribution in [0.1, 0.15) is 16.7 Å². The minimum absolute atomic E-state index is 0.588. The summed E-state index contributed by atoms with van der Waals surface area (Å²) in [7, 11) is 1.58. The van der Waals surface area contributed by atoms with Gasteiger partial charge < -0.3 is 4.74 Å². The van der Waals surface area contributed by atoms with Crippen LogP contribution >= 0.6 is 11.8 Å². The predicted octanol–water partition coefficient (Wildman–Crippen LogP) is 4.17. The van der Waals surface area contributed by atoms with Gasteiger partial charge in [0.1, 0.15) is 11.8 Å². The average Bonchev–Trinajstić information content (AvgIpc) is 2.46. The summed E-state index contributed by atoms with van der Waals surface area (Å²) in [4.78, 5) is 1.24. The summed E-state index contributed by atoms with van der Waals surface area (Å²) in [5.74, 6) is 1.48. The van der Waals surface area contributed by atoms with Crippen molar-refractivity contribution in [2.24, 2.45) is 0 Å². The molecule has 0 amide bonds. The molecule has 0 aliphatic heterocycles. The van der Waals surface area contributed by atoms with E-state index in [1.54, 1.807) is 18.9 Å². The summed E-state index contributed by atoms with van der Waals surface area (Å²) in [5, 5.41) is 9.05. The van der Waals surface area contributed by atoms with Crippen LogP contribution in [-0.4, -0.2) is 7.11 Å². The lowest BCUT2D eigenvalue weighted by molar-refractivity contribution is 0.413. The van der Waals surface area contributed by atoms with E-state index in [4.69, 9.17) is 10.00 Å². The van der Waals surface area contributed by atoms with Gasteiger partial charge in [-0.2, -0.15) is 5.26 Å². The second kappa shape index (κ2) is 6.31. The van der Waals surface area contributed by atoms with Gasteiger partial charge in [0.2, 0.25) is 0 Å². The van der Waals surface area contributed by atoms with Crippen LogP contribution in [0.3, 0.4) is 0 Å². The van der Waals surface area contributed by atoms with Crippen molar-refractivity contribution >= 4 is 11.8 Å². The molecule has 2 aromatic rings. The number of nitriles is 1. The third kappa shape index (κ3) is 3.52. The van der Waals surface area contributed by atoms with Crippen LogP contribution < -0.4 is 4.74 Å². The molecule has 0 saturated carbocycles. The van der Waals surface area contributed by atoms with Crippen molar-refractivity contribution in [2.45, 2.75) is 17.6 Å². The number of hydrogen-bond donors (Lipinski definition) is 0. The third-order valence-electron chi connectivity index (χ3n) is 2.81. The van der Waals surface area contributed by atoms with Gasteiger partial charge in [-0.15, -0.1) is 11.8 Å². The molecular formula is C16H15NOS. The lowest BCUT2D eigenvalue weighted by Crippen LogP contribution is -1.90. The van der Waals surface area contributed by atoms with Gasteiger partial charge in [0.15, 0.2) is 0 Å². The minimum atomic E-state index is 0.588. The molecule has 96 valence electrons. The van der Waals surface area contributed by atoms with Gasteiger partial charge in [-0.3, -0.25) is 0 Å². The second-order valence-corrected chi connectivity index (χ2v) is 5.30. The van der Waals surface area contributed by atoms with Crippen LogP contribution in [0.25, 0.3) is 0 Å². The Hall–Kier alpha value is -1.92. The molecule has 0 heterocycles. The fourth-order valence-corrected chi connectivity index (χ4v) is 2.57. The first kappa shape index (κ1) is 13.5. The van der Waals surface area contributed by atoms with E-state index in [1.165, 1.54) is 10.5 Å². The molecule has 0 bridgehead atoms. The summed E-state index contributed by atoms with van der Waals surface area (Å²) >= 11 is 1.76. The first-order valence-corrected chi connectivity index (χ1v) is 6.98. The largest absolute Gasteiger partial charge is 0.495 e. The number of methoxy groups -OCH3 is 1. The number of rotatable bonds is 4. The molecule has 0 aliphatic carbocycles. The van der Waals surface area contributed by atoms with Crippen molar-refractivity contribution in [1.82, 2.24) is 0 Å². The van der Waals surface area contributed by atoms with Crippen molar-refractivity contribution < 1.29 is 4.74 Å². The van der Waals surface area contributed by atoms with Gasteiger partial charge >= 0.3 is 0 Å². The molecule has 0 fully saturated rings. The van der Waals surface area contributed by atoms with Crippen molar-refractivity contribution in [3.63, 3.8) is 0 Å². The predicted molar refractivity (Wildman–Crippen MR) is 78.4 cm³/mol. The van der Waals surface area contributed by atoms with E-state index < -0.39 is 0 Å². The highest BCUT2D eigenvalue weighted by atomic mass is 32.2. The number of nitrogens with zero attached hydrogens (tertiary/aromatic N) is 1. The van der Waals surface area contributed by atoms with Gasteiger partial charge in [-0.1, -0.05) is 23.8 Å². The Kier molecular flexibility index (Phi) is 4.48. The number of aryl methyl sites for hydroxylation is 1. The van der Waals surface area contributed by atoms with Gasteiger partial charge in [-0.25, -0.2) is 0 Å². The van der Waals surface area contributed by atoms with Crippen LogP contribution in [0.4, 0.5) is 0 Å². The standard InChI is InChI=1S/C16H15NOS/c1-12-3-6-15(7-4-12)19-11-13-5-8-16(18-2)14(9-13)10-17/h3-9H,11H2,1-2H3. The summed E-state index contributed by atoms with van der Waals surface area (Å²) < 4.78 is 5.14. The molecule has 3 heteroatoms. The summed E-state index contributed by atoms with van der Waals surface area (Å²) in [6.45, 7) is 2.08. The van der Waals surface area contributed by atoms with E-state index in [0.29, 0.717) is 11.3 Å². The summed E-state index contributed by atoms with van der Waals surface area (Å²) in [6.07, 6.45) is 0. The molecule has 0 atom stereocenters. The first-order valence-electron chi connectivity index (χ1n) is 5.99. The molecule has 0 unspecified atom stereocenters. The molecule has 19 heavy (non-hydrogen) atoms. The van der Waals surface area contributed by atoms with Gasteiger partial charge in [0.25, 0.3) is 0 Å². The Morgan fingerprint density at radius 2 is 1.89 bits per heavy atom. The number of benzene rings is 2. The normalized spacial score (nSPS) is 9.95. The topological polar surface area (TPSA) is 33.0 Å². The Balaban J connectivity index is 2.08. The zero-order chi connectivity index (χ0) is 13.7. The molecule has 2 nitrogen and oxygen atoms in total. The Morgan fingerprint density at radius 3 is 2.53 bits per heavy atom. The van der Waals surface area contributed by atoms with E-state index in [-0.39, 0.29) is 0 Å². The molecular weight excluding hydrogens is 254 g/mol. The molecule has 0 radical (unpaired) electrons. The van der Waals surface area contributed by atoms with Gasteiger partial charge in [-0.05, 0) is 36.8 Å². The Morgan fingerprint density at radius 1 is 1.16 bits per heavy atom.